The molecule has 1 unspecified atom stereocenters. The van der Waals surface area contributed by atoms with E-state index in [2.05, 4.69) is 0 Å². The third-order valence-electron chi connectivity index (χ3n) is 2.73. The van der Waals surface area contributed by atoms with E-state index in [1.807, 2.05) is 20.8 Å². The lowest BCUT2D eigenvalue weighted by atomic mass is 10.0. The molecular weight excluding hydrogens is 220 g/mol. The van der Waals surface area contributed by atoms with Crippen LogP contribution in [0.3, 0.4) is 0 Å². The highest BCUT2D eigenvalue weighted by Crippen LogP contribution is 2.20. The molecule has 0 aromatic heterocycles. The number of ether oxygens (including phenoxy) is 1. The number of likely N-dealkylation sites (tertiary alicyclic amines) is 1. The standard InChI is InChI=1S/C12H24N2O3/c1-12(2,3)17-11(15)14-8-6-5-7-10(14)9-13(4)16/h10,16H,5-9H2,1-4H3. The van der Waals surface area contributed by atoms with Crippen molar-refractivity contribution < 1.29 is 14.7 Å². The van der Waals surface area contributed by atoms with Crippen molar-refractivity contribution in [1.29, 1.82) is 0 Å². The van der Waals surface area contributed by atoms with Crippen LogP contribution in [0.1, 0.15) is 40.0 Å². The van der Waals surface area contributed by atoms with Crippen molar-refractivity contribution in [1.82, 2.24) is 9.96 Å². The fraction of sp³-hybridized carbons (Fsp3) is 0.917. The van der Waals surface area contributed by atoms with Crippen LogP contribution in [0.2, 0.25) is 0 Å². The van der Waals surface area contributed by atoms with Crippen LogP contribution in [-0.2, 0) is 4.74 Å². The lowest BCUT2D eigenvalue weighted by Gasteiger charge is -2.37. The monoisotopic (exact) mass is 244 g/mol. The molecule has 5 nitrogen and oxygen atoms in total. The zero-order chi connectivity index (χ0) is 13.1. The van der Waals surface area contributed by atoms with Gasteiger partial charge in [0.1, 0.15) is 5.60 Å². The van der Waals surface area contributed by atoms with Gasteiger partial charge in [-0.05, 0) is 40.0 Å². The van der Waals surface area contributed by atoms with Gasteiger partial charge < -0.3 is 14.8 Å². The first-order chi connectivity index (χ1) is 7.79. The van der Waals surface area contributed by atoms with Gasteiger partial charge in [0, 0.05) is 20.1 Å². The Bertz CT molecular complexity index is 261. The first-order valence-corrected chi connectivity index (χ1v) is 6.19. The highest BCUT2D eigenvalue weighted by Gasteiger charge is 2.30. The maximum absolute atomic E-state index is 12.0. The second kappa shape index (κ2) is 5.69. The molecule has 100 valence electrons. The number of hydroxylamine groups is 2. The van der Waals surface area contributed by atoms with Gasteiger partial charge in [-0.1, -0.05) is 0 Å². The molecule has 1 fully saturated rings. The predicted octanol–water partition coefficient (Wildman–Crippen LogP) is 2.10. The Kier molecular flexibility index (Phi) is 4.77. The molecule has 1 rings (SSSR count). The number of rotatable bonds is 2. The van der Waals surface area contributed by atoms with Crippen LogP contribution < -0.4 is 0 Å². The van der Waals surface area contributed by atoms with Gasteiger partial charge in [-0.15, -0.1) is 0 Å². The van der Waals surface area contributed by atoms with Crippen LogP contribution in [0.4, 0.5) is 4.79 Å². The smallest absolute Gasteiger partial charge is 0.410 e. The Balaban J connectivity index is 2.61. The number of nitrogens with zero attached hydrogens (tertiary/aromatic N) is 2. The molecule has 5 heteroatoms. The van der Waals surface area contributed by atoms with E-state index >= 15 is 0 Å². The Morgan fingerprint density at radius 2 is 2.12 bits per heavy atom. The van der Waals surface area contributed by atoms with Gasteiger partial charge in [-0.25, -0.2) is 4.79 Å². The number of likely N-dealkylation sites (N-methyl/N-ethyl adjacent to an activating group) is 1. The zero-order valence-corrected chi connectivity index (χ0v) is 11.3. The molecule has 17 heavy (non-hydrogen) atoms. The first kappa shape index (κ1) is 14.3. The topological polar surface area (TPSA) is 53.0 Å². The Labute approximate surface area is 103 Å². The summed E-state index contributed by atoms with van der Waals surface area (Å²) in [5, 5.41) is 10.4. The highest BCUT2D eigenvalue weighted by molar-refractivity contribution is 5.68. The average Bonchev–Trinajstić information content (AvgIpc) is 2.14. The molecule has 1 aliphatic rings. The van der Waals surface area contributed by atoms with Gasteiger partial charge >= 0.3 is 6.09 Å². The Morgan fingerprint density at radius 3 is 2.65 bits per heavy atom. The normalized spacial score (nSPS) is 21.8. The molecule has 1 amide bonds. The van der Waals surface area contributed by atoms with E-state index in [-0.39, 0.29) is 12.1 Å². The van der Waals surface area contributed by atoms with Gasteiger partial charge in [-0.2, -0.15) is 5.06 Å². The van der Waals surface area contributed by atoms with E-state index in [4.69, 9.17) is 4.74 Å². The van der Waals surface area contributed by atoms with Gasteiger partial charge in [-0.3, -0.25) is 0 Å². The first-order valence-electron chi connectivity index (χ1n) is 6.19. The van der Waals surface area contributed by atoms with E-state index < -0.39 is 5.60 Å². The molecule has 0 aromatic rings. The summed E-state index contributed by atoms with van der Waals surface area (Å²) in [7, 11) is 1.60. The number of carbonyl (C=O) groups is 1. The summed E-state index contributed by atoms with van der Waals surface area (Å²) in [5.41, 5.74) is -0.468. The van der Waals surface area contributed by atoms with E-state index in [1.54, 1.807) is 11.9 Å². The van der Waals surface area contributed by atoms with Crippen LogP contribution in [0.15, 0.2) is 0 Å². The predicted molar refractivity (Wildman–Crippen MR) is 65.0 cm³/mol. The second-order valence-corrected chi connectivity index (χ2v) is 5.66. The fourth-order valence-electron chi connectivity index (χ4n) is 2.06. The Hall–Kier alpha value is -0.810. The van der Waals surface area contributed by atoms with Crippen LogP contribution in [0.25, 0.3) is 0 Å². The number of amides is 1. The lowest BCUT2D eigenvalue weighted by molar-refractivity contribution is -0.0861. The molecule has 1 N–H and O–H groups in total. The highest BCUT2D eigenvalue weighted by atomic mass is 16.6. The van der Waals surface area contributed by atoms with Crippen LogP contribution >= 0.6 is 0 Å². The van der Waals surface area contributed by atoms with Gasteiger partial charge in [0.15, 0.2) is 0 Å². The fourth-order valence-corrected chi connectivity index (χ4v) is 2.06. The average molecular weight is 244 g/mol. The number of piperidine rings is 1. The van der Waals surface area contributed by atoms with Crippen molar-refractivity contribution in [3.05, 3.63) is 0 Å². The molecule has 0 aliphatic carbocycles. The van der Waals surface area contributed by atoms with E-state index in [0.717, 1.165) is 24.3 Å². The molecule has 0 radical (unpaired) electrons. The molecule has 0 aromatic carbocycles. The number of hydrogen-bond acceptors (Lipinski definition) is 4. The van der Waals surface area contributed by atoms with Crippen LogP contribution in [0, 0.1) is 0 Å². The summed E-state index contributed by atoms with van der Waals surface area (Å²) >= 11 is 0. The lowest BCUT2D eigenvalue weighted by Crippen LogP contribution is -2.49. The minimum Gasteiger partial charge on any atom is -0.444 e. The van der Waals surface area contributed by atoms with Gasteiger partial charge in [0.25, 0.3) is 0 Å². The summed E-state index contributed by atoms with van der Waals surface area (Å²) in [5.74, 6) is 0. The zero-order valence-electron chi connectivity index (χ0n) is 11.3. The van der Waals surface area contributed by atoms with Crippen LogP contribution in [-0.4, -0.2) is 53.0 Å². The quantitative estimate of drug-likeness (QED) is 0.756. The van der Waals surface area contributed by atoms with Crippen molar-refractivity contribution in [2.45, 2.75) is 51.7 Å². The maximum Gasteiger partial charge on any atom is 0.410 e. The van der Waals surface area contributed by atoms with Crippen molar-refractivity contribution in [3.8, 4) is 0 Å². The SMILES string of the molecule is CN(O)CC1CCCCN1C(=O)OC(C)(C)C. The molecule has 0 saturated carbocycles. The molecule has 1 atom stereocenters. The molecule has 1 aliphatic heterocycles. The third kappa shape index (κ3) is 4.91. The maximum atomic E-state index is 12.0. The summed E-state index contributed by atoms with van der Waals surface area (Å²) in [6.45, 7) is 6.78. The van der Waals surface area contributed by atoms with E-state index in [0.29, 0.717) is 13.1 Å². The third-order valence-corrected chi connectivity index (χ3v) is 2.73. The second-order valence-electron chi connectivity index (χ2n) is 5.66. The number of hydrogen-bond donors (Lipinski definition) is 1. The minimum absolute atomic E-state index is 0.0496. The van der Waals surface area contributed by atoms with E-state index in [9.17, 15) is 10.0 Å². The van der Waals surface area contributed by atoms with Crippen molar-refractivity contribution in [2.75, 3.05) is 20.1 Å². The molecule has 1 heterocycles. The molecule has 0 spiro atoms. The minimum atomic E-state index is -0.468. The number of carbonyl (C=O) groups excluding carboxylic acids is 1. The Morgan fingerprint density at radius 1 is 1.47 bits per heavy atom. The van der Waals surface area contributed by atoms with Crippen molar-refractivity contribution >= 4 is 6.09 Å². The summed E-state index contributed by atoms with van der Waals surface area (Å²) < 4.78 is 5.38. The van der Waals surface area contributed by atoms with Gasteiger partial charge in [0.2, 0.25) is 0 Å². The molecule has 0 bridgehead atoms. The summed E-state index contributed by atoms with van der Waals surface area (Å²) in [4.78, 5) is 13.7. The van der Waals surface area contributed by atoms with Crippen LogP contribution in [0.5, 0.6) is 0 Å². The van der Waals surface area contributed by atoms with Gasteiger partial charge in [0.05, 0.1) is 6.04 Å². The largest absolute Gasteiger partial charge is 0.444 e. The summed E-state index contributed by atoms with van der Waals surface area (Å²) in [6, 6.07) is 0.0496. The van der Waals surface area contributed by atoms with Crippen molar-refractivity contribution in [3.63, 3.8) is 0 Å². The summed E-state index contributed by atoms with van der Waals surface area (Å²) in [6.07, 6.45) is 2.75. The molecule has 1 saturated heterocycles. The van der Waals surface area contributed by atoms with Crippen molar-refractivity contribution in [2.24, 2.45) is 0 Å². The van der Waals surface area contributed by atoms with E-state index in [1.165, 1.54) is 0 Å². The molecular formula is C12H24N2O3.